The molecule has 2 atom stereocenters. The van der Waals surface area contributed by atoms with Crippen molar-refractivity contribution in [2.24, 2.45) is 0 Å². The van der Waals surface area contributed by atoms with E-state index in [1.54, 1.807) is 0 Å². The number of aliphatic hydroxyl groups is 1. The summed E-state index contributed by atoms with van der Waals surface area (Å²) in [5.74, 6) is 0.137. The average molecular weight is 179 g/mol. The molecule has 0 bridgehead atoms. The third-order valence-electron chi connectivity index (χ3n) is 1.89. The van der Waals surface area contributed by atoms with E-state index >= 15 is 0 Å². The van der Waals surface area contributed by atoms with Gasteiger partial charge in [0.15, 0.2) is 9.84 Å². The molecule has 0 unspecified atom stereocenters. The van der Waals surface area contributed by atoms with E-state index in [2.05, 4.69) is 5.32 Å². The Morgan fingerprint density at radius 2 is 2.27 bits per heavy atom. The molecule has 0 aromatic rings. The summed E-state index contributed by atoms with van der Waals surface area (Å²) in [7, 11) is -3.04. The molecule has 1 fully saturated rings. The van der Waals surface area contributed by atoms with Crippen molar-refractivity contribution in [3.05, 3.63) is 0 Å². The maximum absolute atomic E-state index is 11.2. The van der Waals surface area contributed by atoms with Gasteiger partial charge in [0.05, 0.1) is 17.6 Å². The van der Waals surface area contributed by atoms with Crippen molar-refractivity contribution in [1.29, 1.82) is 0 Å². The Morgan fingerprint density at radius 1 is 1.64 bits per heavy atom. The highest BCUT2D eigenvalue weighted by Crippen LogP contribution is 2.08. The molecular formula is C6H13NO3S. The lowest BCUT2D eigenvalue weighted by molar-refractivity contribution is 0.281. The van der Waals surface area contributed by atoms with Crippen LogP contribution in [0.5, 0.6) is 0 Å². The molecule has 0 aliphatic carbocycles. The van der Waals surface area contributed by atoms with Crippen LogP contribution in [0.15, 0.2) is 0 Å². The van der Waals surface area contributed by atoms with Crippen LogP contribution in [-0.2, 0) is 9.84 Å². The zero-order chi connectivity index (χ0) is 8.48. The zero-order valence-electron chi connectivity index (χ0n) is 6.45. The summed E-state index contributed by atoms with van der Waals surface area (Å²) in [6, 6.07) is 0.0165. The summed E-state index contributed by atoms with van der Waals surface area (Å²) < 4.78 is 22.4. The molecule has 0 aromatic heterocycles. The third kappa shape index (κ3) is 1.91. The Labute approximate surface area is 66.5 Å². The summed E-state index contributed by atoms with van der Waals surface area (Å²) in [6.45, 7) is 1.92. The Hall–Kier alpha value is -0.130. The molecule has 1 heterocycles. The SMILES string of the molecule is C[C@@H]1CS(=O)(=O)[C@@H](CO)CN1. The van der Waals surface area contributed by atoms with Crippen LogP contribution in [0, 0.1) is 0 Å². The van der Waals surface area contributed by atoms with Crippen LogP contribution in [0.3, 0.4) is 0 Å². The average Bonchev–Trinajstić information content (AvgIpc) is 1.85. The van der Waals surface area contributed by atoms with Crippen LogP contribution in [0.1, 0.15) is 6.92 Å². The van der Waals surface area contributed by atoms with Crippen LogP contribution in [0.25, 0.3) is 0 Å². The van der Waals surface area contributed by atoms with Crippen molar-refractivity contribution in [2.75, 3.05) is 18.9 Å². The standard InChI is InChI=1S/C6H13NO3S/c1-5-4-11(9,10)6(3-8)2-7-5/h5-8H,2-4H2,1H3/t5-,6-/m1/s1. The van der Waals surface area contributed by atoms with Gasteiger partial charge in [-0.2, -0.15) is 0 Å². The number of aliphatic hydroxyl groups excluding tert-OH is 1. The second-order valence-electron chi connectivity index (χ2n) is 2.94. The molecule has 11 heavy (non-hydrogen) atoms. The van der Waals surface area contributed by atoms with Crippen LogP contribution < -0.4 is 5.32 Å². The van der Waals surface area contributed by atoms with Gasteiger partial charge in [-0.15, -0.1) is 0 Å². The molecule has 1 aliphatic heterocycles. The quantitative estimate of drug-likeness (QED) is 0.528. The van der Waals surface area contributed by atoms with E-state index in [1.807, 2.05) is 6.92 Å². The first-order valence-corrected chi connectivity index (χ1v) is 5.33. The van der Waals surface area contributed by atoms with E-state index in [-0.39, 0.29) is 18.4 Å². The minimum atomic E-state index is -3.04. The van der Waals surface area contributed by atoms with Gasteiger partial charge >= 0.3 is 0 Å². The third-order valence-corrected chi connectivity index (χ3v) is 4.18. The molecule has 0 radical (unpaired) electrons. The molecule has 1 saturated heterocycles. The molecule has 1 rings (SSSR count). The molecule has 0 spiro atoms. The second kappa shape index (κ2) is 3.08. The Morgan fingerprint density at radius 3 is 2.73 bits per heavy atom. The number of rotatable bonds is 1. The van der Waals surface area contributed by atoms with E-state index in [9.17, 15) is 8.42 Å². The zero-order valence-corrected chi connectivity index (χ0v) is 7.26. The van der Waals surface area contributed by atoms with Crippen molar-refractivity contribution in [1.82, 2.24) is 5.32 Å². The molecule has 0 saturated carbocycles. The van der Waals surface area contributed by atoms with Gasteiger partial charge in [-0.05, 0) is 6.92 Å². The Bertz CT molecular complexity index is 224. The van der Waals surface area contributed by atoms with Gasteiger partial charge in [-0.3, -0.25) is 0 Å². The van der Waals surface area contributed by atoms with Gasteiger partial charge in [0.1, 0.15) is 0 Å². The fourth-order valence-electron chi connectivity index (χ4n) is 1.18. The fourth-order valence-corrected chi connectivity index (χ4v) is 2.85. The van der Waals surface area contributed by atoms with Gasteiger partial charge in [0, 0.05) is 12.6 Å². The summed E-state index contributed by atoms with van der Waals surface area (Å²) in [5, 5.41) is 11.1. The largest absolute Gasteiger partial charge is 0.395 e. The van der Waals surface area contributed by atoms with E-state index in [4.69, 9.17) is 5.11 Å². The van der Waals surface area contributed by atoms with Crippen molar-refractivity contribution >= 4 is 9.84 Å². The van der Waals surface area contributed by atoms with Gasteiger partial charge in [0.2, 0.25) is 0 Å². The highest BCUT2D eigenvalue weighted by atomic mass is 32.2. The van der Waals surface area contributed by atoms with Crippen LogP contribution in [0.4, 0.5) is 0 Å². The molecule has 66 valence electrons. The molecule has 5 heteroatoms. The first kappa shape index (κ1) is 8.96. The van der Waals surface area contributed by atoms with Crippen LogP contribution in [-0.4, -0.2) is 43.7 Å². The lowest BCUT2D eigenvalue weighted by Crippen LogP contribution is -2.50. The van der Waals surface area contributed by atoms with E-state index < -0.39 is 15.1 Å². The van der Waals surface area contributed by atoms with Crippen molar-refractivity contribution in [3.8, 4) is 0 Å². The van der Waals surface area contributed by atoms with Crippen LogP contribution in [0.2, 0.25) is 0 Å². The second-order valence-corrected chi connectivity index (χ2v) is 5.27. The maximum atomic E-state index is 11.2. The lowest BCUT2D eigenvalue weighted by atomic mass is 10.3. The summed E-state index contributed by atoms with van der Waals surface area (Å²) in [5.41, 5.74) is 0. The predicted molar refractivity (Wildman–Crippen MR) is 42.1 cm³/mol. The summed E-state index contributed by atoms with van der Waals surface area (Å²) >= 11 is 0. The lowest BCUT2D eigenvalue weighted by Gasteiger charge is -2.26. The Kier molecular flexibility index (Phi) is 2.51. The highest BCUT2D eigenvalue weighted by molar-refractivity contribution is 7.92. The number of nitrogens with one attached hydrogen (secondary N) is 1. The van der Waals surface area contributed by atoms with Crippen molar-refractivity contribution < 1.29 is 13.5 Å². The molecule has 2 N–H and O–H groups in total. The molecule has 0 amide bonds. The monoisotopic (exact) mass is 179 g/mol. The molecule has 0 aromatic carbocycles. The number of hydrogen-bond acceptors (Lipinski definition) is 4. The molecular weight excluding hydrogens is 166 g/mol. The van der Waals surface area contributed by atoms with Gasteiger partial charge < -0.3 is 10.4 Å². The van der Waals surface area contributed by atoms with Crippen molar-refractivity contribution in [3.63, 3.8) is 0 Å². The van der Waals surface area contributed by atoms with E-state index in [1.165, 1.54) is 0 Å². The normalized spacial score (nSPS) is 36.9. The maximum Gasteiger partial charge on any atom is 0.158 e. The minimum absolute atomic E-state index is 0.0165. The fraction of sp³-hybridized carbons (Fsp3) is 1.00. The van der Waals surface area contributed by atoms with E-state index in [0.717, 1.165) is 0 Å². The Balaban J connectivity index is 2.73. The smallest absolute Gasteiger partial charge is 0.158 e. The number of hydrogen-bond donors (Lipinski definition) is 2. The summed E-state index contributed by atoms with van der Waals surface area (Å²) in [6.07, 6.45) is 0. The molecule has 4 nitrogen and oxygen atoms in total. The van der Waals surface area contributed by atoms with Crippen LogP contribution >= 0.6 is 0 Å². The van der Waals surface area contributed by atoms with Gasteiger partial charge in [0.25, 0.3) is 0 Å². The predicted octanol–water partition coefficient (Wildman–Crippen LogP) is -1.25. The summed E-state index contributed by atoms with van der Waals surface area (Å²) in [4.78, 5) is 0. The van der Waals surface area contributed by atoms with Gasteiger partial charge in [-0.25, -0.2) is 8.42 Å². The first-order chi connectivity index (χ1) is 5.06. The topological polar surface area (TPSA) is 66.4 Å². The molecule has 1 aliphatic rings. The van der Waals surface area contributed by atoms with Gasteiger partial charge in [-0.1, -0.05) is 0 Å². The minimum Gasteiger partial charge on any atom is -0.395 e. The van der Waals surface area contributed by atoms with E-state index in [0.29, 0.717) is 6.54 Å². The first-order valence-electron chi connectivity index (χ1n) is 3.62. The highest BCUT2D eigenvalue weighted by Gasteiger charge is 2.31. The number of sulfone groups is 1. The van der Waals surface area contributed by atoms with Crippen molar-refractivity contribution in [2.45, 2.75) is 18.2 Å².